The van der Waals surface area contributed by atoms with Crippen molar-refractivity contribution in [3.63, 3.8) is 0 Å². The van der Waals surface area contributed by atoms with Gasteiger partial charge in [0.25, 0.3) is 0 Å². The van der Waals surface area contributed by atoms with E-state index in [1.165, 1.54) is 16.7 Å². The summed E-state index contributed by atoms with van der Waals surface area (Å²) in [7, 11) is 0. The van der Waals surface area contributed by atoms with Crippen LogP contribution in [-0.2, 0) is 34.9 Å². The molecule has 7 heteroatoms. The molecule has 1 aromatic heterocycles. The first-order valence-electron chi connectivity index (χ1n) is 9.61. The van der Waals surface area contributed by atoms with E-state index in [1.54, 1.807) is 11.8 Å². The molecule has 28 heavy (non-hydrogen) atoms. The Morgan fingerprint density at radius 2 is 1.89 bits per heavy atom. The van der Waals surface area contributed by atoms with Crippen molar-refractivity contribution in [3.05, 3.63) is 52.3 Å². The predicted octanol–water partition coefficient (Wildman–Crippen LogP) is 3.18. The molecule has 2 aromatic rings. The molecule has 0 spiro atoms. The quantitative estimate of drug-likeness (QED) is 0.771. The molecular weight excluding hydrogens is 374 g/mol. The molecule has 150 valence electrons. The van der Waals surface area contributed by atoms with Crippen LogP contribution in [0.25, 0.3) is 0 Å². The van der Waals surface area contributed by atoms with Crippen LogP contribution < -0.4 is 0 Å². The number of benzene rings is 1. The van der Waals surface area contributed by atoms with E-state index in [9.17, 15) is 9.59 Å². The number of thioether (sulfide) groups is 1. The fourth-order valence-electron chi connectivity index (χ4n) is 3.59. The van der Waals surface area contributed by atoms with E-state index in [-0.39, 0.29) is 12.3 Å². The van der Waals surface area contributed by atoms with E-state index < -0.39 is 5.97 Å². The topological polar surface area (TPSA) is 75.4 Å². The Morgan fingerprint density at radius 3 is 2.61 bits per heavy atom. The highest BCUT2D eigenvalue weighted by Crippen LogP contribution is 2.19. The van der Waals surface area contributed by atoms with Crippen LogP contribution >= 0.6 is 11.8 Å². The lowest BCUT2D eigenvalue weighted by molar-refractivity contribution is -0.137. The fraction of sp³-hybridized carbons (Fsp3) is 0.476. The summed E-state index contributed by atoms with van der Waals surface area (Å²) in [6, 6.07) is 8.45. The van der Waals surface area contributed by atoms with Gasteiger partial charge in [0.05, 0.1) is 30.1 Å². The van der Waals surface area contributed by atoms with Crippen molar-refractivity contribution in [2.45, 2.75) is 52.0 Å². The normalized spacial score (nSPS) is 13.9. The lowest BCUT2D eigenvalue weighted by atomic mass is 10.1. The van der Waals surface area contributed by atoms with Gasteiger partial charge in [-0.2, -0.15) is 5.10 Å². The minimum Gasteiger partial charge on any atom is -0.481 e. The number of fused-ring (bicyclic) bond motifs is 1. The molecule has 0 atom stereocenters. The number of carbonyl (C=O) groups excluding carboxylic acids is 1. The number of aryl methyl sites for hydroxylation is 4. The van der Waals surface area contributed by atoms with Crippen LogP contribution in [0.3, 0.4) is 0 Å². The first-order chi connectivity index (χ1) is 13.4. The van der Waals surface area contributed by atoms with Crippen molar-refractivity contribution < 1.29 is 14.7 Å². The van der Waals surface area contributed by atoms with Crippen molar-refractivity contribution >= 4 is 23.6 Å². The van der Waals surface area contributed by atoms with Crippen molar-refractivity contribution in [3.8, 4) is 0 Å². The molecule has 6 nitrogen and oxygen atoms in total. The molecule has 0 saturated heterocycles. The molecule has 1 aliphatic rings. The zero-order valence-electron chi connectivity index (χ0n) is 16.5. The number of aromatic nitrogens is 2. The molecule has 0 fully saturated rings. The van der Waals surface area contributed by atoms with Crippen LogP contribution in [0.5, 0.6) is 0 Å². The molecule has 0 saturated carbocycles. The summed E-state index contributed by atoms with van der Waals surface area (Å²) in [5.41, 5.74) is 5.54. The number of nitrogens with zero attached hydrogens (tertiary/aromatic N) is 3. The highest BCUT2D eigenvalue weighted by atomic mass is 32.2. The summed E-state index contributed by atoms with van der Waals surface area (Å²) < 4.78 is 1.92. The molecule has 1 amide bonds. The first-order valence-corrected chi connectivity index (χ1v) is 10.8. The zero-order chi connectivity index (χ0) is 20.1. The van der Waals surface area contributed by atoms with Crippen LogP contribution in [-0.4, -0.2) is 44.0 Å². The lowest BCUT2D eigenvalue weighted by Gasteiger charge is -2.19. The van der Waals surface area contributed by atoms with Crippen LogP contribution in [0.4, 0.5) is 0 Å². The van der Waals surface area contributed by atoms with Crippen LogP contribution in [0, 0.1) is 13.8 Å². The average molecular weight is 402 g/mol. The van der Waals surface area contributed by atoms with Crippen molar-refractivity contribution in [1.82, 2.24) is 14.7 Å². The van der Waals surface area contributed by atoms with E-state index in [0.717, 1.165) is 36.7 Å². The van der Waals surface area contributed by atoms with Gasteiger partial charge in [0.15, 0.2) is 0 Å². The number of carboxylic acids is 1. The van der Waals surface area contributed by atoms with Gasteiger partial charge in [-0.05, 0) is 31.9 Å². The summed E-state index contributed by atoms with van der Waals surface area (Å²) in [6.07, 6.45) is 1.36. The number of hydrogen-bond acceptors (Lipinski definition) is 4. The Labute approximate surface area is 169 Å². The number of carbonyl (C=O) groups is 2. The third-order valence-corrected chi connectivity index (χ3v) is 5.78. The maximum Gasteiger partial charge on any atom is 0.303 e. The van der Waals surface area contributed by atoms with E-state index in [0.29, 0.717) is 18.7 Å². The highest BCUT2D eigenvalue weighted by molar-refractivity contribution is 7.99. The van der Waals surface area contributed by atoms with Crippen LogP contribution in [0.2, 0.25) is 0 Å². The molecular formula is C21H27N3O3S. The third kappa shape index (κ3) is 5.61. The second kappa shape index (κ2) is 9.28. The summed E-state index contributed by atoms with van der Waals surface area (Å²) >= 11 is 1.65. The fourth-order valence-corrected chi connectivity index (χ4v) is 4.45. The Bertz CT molecular complexity index is 842. The van der Waals surface area contributed by atoms with E-state index in [2.05, 4.69) is 37.1 Å². The van der Waals surface area contributed by atoms with Crippen molar-refractivity contribution in [1.29, 1.82) is 0 Å². The van der Waals surface area contributed by atoms with Gasteiger partial charge in [-0.15, -0.1) is 11.8 Å². The van der Waals surface area contributed by atoms with Crippen LogP contribution in [0.15, 0.2) is 24.3 Å². The van der Waals surface area contributed by atoms with Crippen LogP contribution in [0.1, 0.15) is 40.9 Å². The highest BCUT2D eigenvalue weighted by Gasteiger charge is 2.20. The van der Waals surface area contributed by atoms with Gasteiger partial charge in [0.2, 0.25) is 5.91 Å². The van der Waals surface area contributed by atoms with Gasteiger partial charge in [-0.25, -0.2) is 0 Å². The van der Waals surface area contributed by atoms with Gasteiger partial charge in [-0.3, -0.25) is 14.3 Å². The zero-order valence-corrected chi connectivity index (χ0v) is 17.3. The molecule has 0 radical (unpaired) electrons. The molecule has 1 N–H and O–H groups in total. The minimum absolute atomic E-state index is 0.0776. The van der Waals surface area contributed by atoms with E-state index >= 15 is 0 Å². The molecule has 0 bridgehead atoms. The summed E-state index contributed by atoms with van der Waals surface area (Å²) in [4.78, 5) is 25.4. The standard InChI is InChI=1S/C21H27N3O3S/c1-15-8-16(2)10-17(9-15)13-28-14-20(25)23-6-3-7-24-19(12-23)11-18(22-24)4-5-21(26)27/h8-11H,3-7,12-14H2,1-2H3,(H,26,27). The number of hydrogen-bond donors (Lipinski definition) is 1. The molecule has 3 rings (SSSR count). The number of amides is 1. The Balaban J connectivity index is 1.54. The second-order valence-corrected chi connectivity index (χ2v) is 8.39. The number of rotatable bonds is 7. The minimum atomic E-state index is -0.819. The number of aliphatic carboxylic acids is 1. The van der Waals surface area contributed by atoms with Crippen molar-refractivity contribution in [2.24, 2.45) is 0 Å². The third-order valence-electron chi connectivity index (χ3n) is 4.79. The molecule has 0 unspecified atom stereocenters. The lowest BCUT2D eigenvalue weighted by Crippen LogP contribution is -2.32. The van der Waals surface area contributed by atoms with E-state index in [1.807, 2.05) is 15.6 Å². The van der Waals surface area contributed by atoms with Gasteiger partial charge in [-0.1, -0.05) is 29.3 Å². The predicted molar refractivity (Wildman–Crippen MR) is 110 cm³/mol. The Morgan fingerprint density at radius 1 is 1.14 bits per heavy atom. The first kappa shape index (κ1) is 20.5. The van der Waals surface area contributed by atoms with Crippen molar-refractivity contribution in [2.75, 3.05) is 12.3 Å². The largest absolute Gasteiger partial charge is 0.481 e. The monoisotopic (exact) mass is 401 g/mol. The molecule has 0 aliphatic carbocycles. The van der Waals surface area contributed by atoms with Gasteiger partial charge < -0.3 is 10.0 Å². The summed E-state index contributed by atoms with van der Waals surface area (Å²) in [6.45, 7) is 6.23. The van der Waals surface area contributed by atoms with Gasteiger partial charge in [0, 0.05) is 25.3 Å². The molecule has 1 aliphatic heterocycles. The Kier molecular flexibility index (Phi) is 6.78. The van der Waals surface area contributed by atoms with E-state index in [4.69, 9.17) is 5.11 Å². The summed E-state index contributed by atoms with van der Waals surface area (Å²) in [5.74, 6) is 0.628. The maximum absolute atomic E-state index is 12.7. The molecule has 1 aromatic carbocycles. The smallest absolute Gasteiger partial charge is 0.303 e. The van der Waals surface area contributed by atoms with Gasteiger partial charge >= 0.3 is 5.97 Å². The SMILES string of the molecule is Cc1cc(C)cc(CSCC(=O)N2CCCn3nc(CCC(=O)O)cc3C2)c1. The molecule has 2 heterocycles. The van der Waals surface area contributed by atoms with Gasteiger partial charge in [0.1, 0.15) is 0 Å². The Hall–Kier alpha value is -2.28. The maximum atomic E-state index is 12.7. The average Bonchev–Trinajstić information content (AvgIpc) is 2.89. The number of carboxylic acid groups (broad SMARTS) is 1. The second-order valence-electron chi connectivity index (χ2n) is 7.40. The summed E-state index contributed by atoms with van der Waals surface area (Å²) in [5, 5.41) is 13.3.